The zero-order valence-electron chi connectivity index (χ0n) is 15.6. The molecule has 2 atom stereocenters. The Balaban J connectivity index is 1.65. The van der Waals surface area contributed by atoms with Crippen LogP contribution in [0.4, 0.5) is 5.95 Å². The maximum atomic E-state index is 13.1. The lowest BCUT2D eigenvalue weighted by Gasteiger charge is -2.22. The van der Waals surface area contributed by atoms with E-state index in [4.69, 9.17) is 15.0 Å². The van der Waals surface area contributed by atoms with E-state index in [-0.39, 0.29) is 24.4 Å². The van der Waals surface area contributed by atoms with E-state index in [1.165, 1.54) is 6.33 Å². The molecule has 3 rings (SSSR count). The molecule has 0 spiro atoms. The molecule has 0 aliphatic carbocycles. The van der Waals surface area contributed by atoms with Crippen LogP contribution in [0.3, 0.4) is 0 Å². The molecule has 0 bridgehead atoms. The lowest BCUT2D eigenvalue weighted by atomic mass is 10.3. The lowest BCUT2D eigenvalue weighted by molar-refractivity contribution is -0.108. The van der Waals surface area contributed by atoms with Crippen LogP contribution in [0.25, 0.3) is 11.2 Å². The number of fused-ring (bicyclic) bond motifs is 1. The predicted octanol–water partition coefficient (Wildman–Crippen LogP) is 1.12. The first kappa shape index (κ1) is 20.7. The minimum absolute atomic E-state index is 0.0158. The normalized spacial score (nSPS) is 14.4. The summed E-state index contributed by atoms with van der Waals surface area (Å²) in [5.74, 6) is 0.377. The van der Waals surface area contributed by atoms with Gasteiger partial charge in [0.1, 0.15) is 18.4 Å². The van der Waals surface area contributed by atoms with Gasteiger partial charge in [-0.2, -0.15) is 4.98 Å². The van der Waals surface area contributed by atoms with Crippen LogP contribution < -0.4 is 20.9 Å². The van der Waals surface area contributed by atoms with Crippen molar-refractivity contribution in [3.05, 3.63) is 47.0 Å². The number of hydrogen-bond donors (Lipinski definition) is 3. The number of nitrogens with two attached hydrogens (primary N) is 1. The van der Waals surface area contributed by atoms with Gasteiger partial charge in [-0.25, -0.2) is 10.1 Å². The molecule has 154 valence electrons. The standard InChI is InChI=1S/C17H21N6O5P/c1-12(9-24)22-29(26,28-13-5-3-2-4-6-13)11-27-8-7-23-10-19-14-15(23)20-17(18)21-16(14)25/h2-6,9-10,12H,7-8,11H2,1H3,(H,22,26)(H3,18,20,21,25). The number of nitrogens with one attached hydrogen (secondary N) is 2. The van der Waals surface area contributed by atoms with E-state index < -0.39 is 19.1 Å². The third-order valence-electron chi connectivity index (χ3n) is 3.83. The predicted molar refractivity (Wildman–Crippen MR) is 107 cm³/mol. The highest BCUT2D eigenvalue weighted by Crippen LogP contribution is 2.43. The average molecular weight is 420 g/mol. The first-order valence-corrected chi connectivity index (χ1v) is 10.6. The average Bonchev–Trinajstić information content (AvgIpc) is 3.09. The van der Waals surface area contributed by atoms with Crippen molar-refractivity contribution in [2.75, 3.05) is 18.7 Å². The second-order valence-electron chi connectivity index (χ2n) is 6.23. The van der Waals surface area contributed by atoms with Gasteiger partial charge in [-0.15, -0.1) is 0 Å². The summed E-state index contributed by atoms with van der Waals surface area (Å²) < 4.78 is 25.8. The van der Waals surface area contributed by atoms with Crippen molar-refractivity contribution in [3.8, 4) is 5.75 Å². The number of nitrogen functional groups attached to an aromatic ring is 1. The van der Waals surface area contributed by atoms with Gasteiger partial charge in [0.25, 0.3) is 5.56 Å². The Morgan fingerprint density at radius 1 is 1.38 bits per heavy atom. The summed E-state index contributed by atoms with van der Waals surface area (Å²) in [4.78, 5) is 33.2. The molecule has 0 aliphatic rings. The fraction of sp³-hybridized carbons (Fsp3) is 0.294. The molecule has 29 heavy (non-hydrogen) atoms. The molecule has 4 N–H and O–H groups in total. The second kappa shape index (κ2) is 8.99. The molecule has 0 radical (unpaired) electrons. The first-order valence-electron chi connectivity index (χ1n) is 8.75. The number of carbonyl (C=O) groups is 1. The van der Waals surface area contributed by atoms with E-state index in [0.717, 1.165) is 0 Å². The second-order valence-corrected chi connectivity index (χ2v) is 8.28. The number of hydrogen-bond acceptors (Lipinski definition) is 8. The van der Waals surface area contributed by atoms with Gasteiger partial charge in [0.05, 0.1) is 19.0 Å². The number of para-hydroxylation sites is 1. The van der Waals surface area contributed by atoms with Gasteiger partial charge in [-0.1, -0.05) is 18.2 Å². The summed E-state index contributed by atoms with van der Waals surface area (Å²) in [6, 6.07) is 7.93. The van der Waals surface area contributed by atoms with Crippen LogP contribution in [0.15, 0.2) is 41.5 Å². The number of benzene rings is 1. The number of rotatable bonds is 10. The third kappa shape index (κ3) is 5.29. The Morgan fingerprint density at radius 2 is 2.14 bits per heavy atom. The maximum Gasteiger partial charge on any atom is 0.342 e. The van der Waals surface area contributed by atoms with E-state index in [1.807, 2.05) is 0 Å². The van der Waals surface area contributed by atoms with Crippen molar-refractivity contribution in [1.29, 1.82) is 0 Å². The van der Waals surface area contributed by atoms with Crippen molar-refractivity contribution >= 4 is 30.9 Å². The number of carbonyl (C=O) groups excluding carboxylic acids is 1. The smallest absolute Gasteiger partial charge is 0.342 e. The summed E-state index contributed by atoms with van der Waals surface area (Å²) in [7, 11) is -3.50. The van der Waals surface area contributed by atoms with Crippen LogP contribution in [0.2, 0.25) is 0 Å². The lowest BCUT2D eigenvalue weighted by Crippen LogP contribution is -2.28. The van der Waals surface area contributed by atoms with Crippen LogP contribution in [0.1, 0.15) is 6.92 Å². The van der Waals surface area contributed by atoms with Crippen molar-refractivity contribution in [3.63, 3.8) is 0 Å². The number of H-pyrrole nitrogens is 1. The number of anilines is 1. The topological polar surface area (TPSA) is 154 Å². The third-order valence-corrected chi connectivity index (χ3v) is 5.66. The minimum atomic E-state index is -3.50. The van der Waals surface area contributed by atoms with Crippen LogP contribution in [-0.2, 0) is 20.6 Å². The maximum absolute atomic E-state index is 13.1. The van der Waals surface area contributed by atoms with Crippen molar-refractivity contribution in [2.45, 2.75) is 19.5 Å². The number of aromatic nitrogens is 4. The zero-order valence-corrected chi connectivity index (χ0v) is 16.5. The molecule has 0 aliphatic heterocycles. The molecule has 2 heterocycles. The van der Waals surface area contributed by atoms with Crippen LogP contribution in [-0.4, -0.2) is 44.8 Å². The van der Waals surface area contributed by atoms with Gasteiger partial charge in [0.2, 0.25) is 5.95 Å². The number of aldehydes is 1. The quantitative estimate of drug-likeness (QED) is 0.249. The van der Waals surface area contributed by atoms with E-state index in [2.05, 4.69) is 20.0 Å². The van der Waals surface area contributed by atoms with Gasteiger partial charge >= 0.3 is 7.52 Å². The highest BCUT2D eigenvalue weighted by molar-refractivity contribution is 7.57. The van der Waals surface area contributed by atoms with Crippen LogP contribution in [0.5, 0.6) is 5.75 Å². The largest absolute Gasteiger partial charge is 0.431 e. The van der Waals surface area contributed by atoms with Gasteiger partial charge in [0, 0.05) is 6.54 Å². The van der Waals surface area contributed by atoms with Gasteiger partial charge < -0.3 is 24.4 Å². The molecular weight excluding hydrogens is 399 g/mol. The number of aromatic amines is 1. The Bertz CT molecular complexity index is 1080. The molecule has 1 aromatic carbocycles. The first-order chi connectivity index (χ1) is 13.9. The van der Waals surface area contributed by atoms with E-state index in [1.54, 1.807) is 41.8 Å². The Labute approximate surface area is 165 Å². The fourth-order valence-electron chi connectivity index (χ4n) is 2.56. The molecule has 0 saturated carbocycles. The molecular formula is C17H21N6O5P. The van der Waals surface area contributed by atoms with Crippen molar-refractivity contribution in [2.24, 2.45) is 0 Å². The zero-order chi connectivity index (χ0) is 20.9. The summed E-state index contributed by atoms with van der Waals surface area (Å²) in [5.41, 5.74) is 5.63. The molecule has 2 aromatic heterocycles. The molecule has 2 unspecified atom stereocenters. The summed E-state index contributed by atoms with van der Waals surface area (Å²) >= 11 is 0. The van der Waals surface area contributed by atoms with Gasteiger partial charge in [-0.3, -0.25) is 14.3 Å². The molecule has 12 heteroatoms. The summed E-state index contributed by atoms with van der Waals surface area (Å²) in [6.45, 7) is 2.00. The highest BCUT2D eigenvalue weighted by Gasteiger charge is 2.27. The summed E-state index contributed by atoms with van der Waals surface area (Å²) in [6.07, 6.45) is 1.82. The monoisotopic (exact) mass is 420 g/mol. The molecule has 0 fully saturated rings. The van der Waals surface area contributed by atoms with E-state index in [0.29, 0.717) is 24.2 Å². The van der Waals surface area contributed by atoms with Gasteiger partial charge in [0.15, 0.2) is 11.2 Å². The van der Waals surface area contributed by atoms with Gasteiger partial charge in [-0.05, 0) is 19.1 Å². The van der Waals surface area contributed by atoms with E-state index in [9.17, 15) is 14.2 Å². The summed E-state index contributed by atoms with van der Waals surface area (Å²) in [5, 5.41) is 2.68. The number of nitrogens with zero attached hydrogens (tertiary/aromatic N) is 3. The van der Waals surface area contributed by atoms with Crippen LogP contribution >= 0.6 is 7.52 Å². The number of ether oxygens (including phenoxy) is 1. The minimum Gasteiger partial charge on any atom is -0.431 e. The Morgan fingerprint density at radius 3 is 2.86 bits per heavy atom. The van der Waals surface area contributed by atoms with Crippen molar-refractivity contribution < 1.29 is 18.6 Å². The highest BCUT2D eigenvalue weighted by atomic mass is 31.2. The van der Waals surface area contributed by atoms with Crippen molar-refractivity contribution in [1.82, 2.24) is 24.6 Å². The van der Waals surface area contributed by atoms with E-state index >= 15 is 0 Å². The fourth-order valence-corrected chi connectivity index (χ4v) is 4.26. The SMILES string of the molecule is CC(C=O)NP(=O)(COCCn1cnc2c(=O)[nH]c(N)nc21)Oc1ccccc1. The molecule has 11 nitrogen and oxygen atoms in total. The molecule has 3 aromatic rings. The molecule has 0 saturated heterocycles. The Hall–Kier alpha value is -3.01. The molecule has 0 amide bonds. The number of imidazole rings is 1. The Kier molecular flexibility index (Phi) is 6.42. The van der Waals surface area contributed by atoms with Crippen LogP contribution in [0, 0.1) is 0 Å².